The van der Waals surface area contributed by atoms with Crippen LogP contribution >= 0.6 is 11.3 Å². The van der Waals surface area contributed by atoms with Crippen LogP contribution in [0.4, 0.5) is 5.82 Å². The minimum Gasteiger partial charge on any atom is -0.369 e. The van der Waals surface area contributed by atoms with Crippen molar-refractivity contribution in [2.75, 3.05) is 11.9 Å². The smallest absolute Gasteiger partial charge is 0.138 e. The van der Waals surface area contributed by atoms with Crippen LogP contribution in [0, 0.1) is 5.92 Å². The summed E-state index contributed by atoms with van der Waals surface area (Å²) in [6.07, 6.45) is 8.39. The number of H-pyrrole nitrogens is 1. The van der Waals surface area contributed by atoms with Crippen molar-refractivity contribution in [2.24, 2.45) is 5.92 Å². The molecule has 0 amide bonds. The van der Waals surface area contributed by atoms with Crippen LogP contribution in [0.15, 0.2) is 36.8 Å². The monoisotopic (exact) mass is 362 g/mol. The zero-order valence-electron chi connectivity index (χ0n) is 14.9. The Kier molecular flexibility index (Phi) is 3.89. The van der Waals surface area contributed by atoms with E-state index in [1.807, 2.05) is 11.3 Å². The molecule has 1 aliphatic rings. The average molecular weight is 363 g/mol. The van der Waals surface area contributed by atoms with Gasteiger partial charge in [0.2, 0.25) is 0 Å². The lowest BCUT2D eigenvalue weighted by Crippen LogP contribution is -2.10. The largest absolute Gasteiger partial charge is 0.369 e. The SMILES string of the molecule is CC1CCc2c(sc3ncnc(NCCc4c[nH]c5ccccc45)c23)C1. The van der Waals surface area contributed by atoms with Crippen LogP contribution in [0.5, 0.6) is 0 Å². The van der Waals surface area contributed by atoms with Crippen LogP contribution in [0.1, 0.15) is 29.3 Å². The summed E-state index contributed by atoms with van der Waals surface area (Å²) in [7, 11) is 0. The molecule has 0 spiro atoms. The van der Waals surface area contributed by atoms with Crippen molar-refractivity contribution in [3.63, 3.8) is 0 Å². The standard InChI is InChI=1S/C21H22N4S/c1-13-6-7-16-18(10-13)26-21-19(16)20(24-12-25-21)22-9-8-14-11-23-17-5-3-2-4-15(14)17/h2-5,11-13,23H,6-10H2,1H3,(H,22,24,25). The Morgan fingerprint density at radius 2 is 2.19 bits per heavy atom. The van der Waals surface area contributed by atoms with Crippen molar-refractivity contribution in [2.45, 2.75) is 32.6 Å². The number of benzene rings is 1. The molecule has 132 valence electrons. The molecule has 5 heteroatoms. The third kappa shape index (κ3) is 2.67. The van der Waals surface area contributed by atoms with Gasteiger partial charge in [-0.05, 0) is 48.8 Å². The maximum absolute atomic E-state index is 4.56. The summed E-state index contributed by atoms with van der Waals surface area (Å²) in [6, 6.07) is 8.47. The molecule has 0 aliphatic heterocycles. The number of aromatic nitrogens is 3. The van der Waals surface area contributed by atoms with E-state index in [1.54, 1.807) is 6.33 Å². The molecule has 5 rings (SSSR count). The van der Waals surface area contributed by atoms with Gasteiger partial charge in [-0.3, -0.25) is 0 Å². The fraction of sp³-hybridized carbons (Fsp3) is 0.333. The van der Waals surface area contributed by atoms with E-state index in [-0.39, 0.29) is 0 Å². The number of nitrogens with one attached hydrogen (secondary N) is 2. The Labute approximate surface area is 156 Å². The minimum absolute atomic E-state index is 0.779. The van der Waals surface area contributed by atoms with Crippen LogP contribution in [-0.2, 0) is 19.3 Å². The van der Waals surface area contributed by atoms with E-state index >= 15 is 0 Å². The summed E-state index contributed by atoms with van der Waals surface area (Å²) >= 11 is 1.85. The first-order valence-corrected chi connectivity index (χ1v) is 10.2. The van der Waals surface area contributed by atoms with Crippen LogP contribution in [0.3, 0.4) is 0 Å². The zero-order chi connectivity index (χ0) is 17.5. The lowest BCUT2D eigenvalue weighted by molar-refractivity contribution is 0.509. The van der Waals surface area contributed by atoms with Gasteiger partial charge in [-0.15, -0.1) is 11.3 Å². The maximum atomic E-state index is 4.56. The number of nitrogens with zero attached hydrogens (tertiary/aromatic N) is 2. The summed E-state index contributed by atoms with van der Waals surface area (Å²) in [6.45, 7) is 3.22. The highest BCUT2D eigenvalue weighted by molar-refractivity contribution is 7.19. The van der Waals surface area contributed by atoms with Gasteiger partial charge in [0.05, 0.1) is 5.39 Å². The second kappa shape index (κ2) is 6.40. The van der Waals surface area contributed by atoms with Gasteiger partial charge in [0.25, 0.3) is 0 Å². The maximum Gasteiger partial charge on any atom is 0.138 e. The van der Waals surface area contributed by atoms with Gasteiger partial charge in [0.15, 0.2) is 0 Å². The number of thiophene rings is 1. The molecule has 26 heavy (non-hydrogen) atoms. The van der Waals surface area contributed by atoms with E-state index in [9.17, 15) is 0 Å². The number of aryl methyl sites for hydroxylation is 1. The molecule has 0 radical (unpaired) electrons. The zero-order valence-corrected chi connectivity index (χ0v) is 15.7. The van der Waals surface area contributed by atoms with E-state index in [4.69, 9.17) is 0 Å². The Morgan fingerprint density at radius 3 is 3.15 bits per heavy atom. The van der Waals surface area contributed by atoms with Crippen molar-refractivity contribution in [3.8, 4) is 0 Å². The van der Waals surface area contributed by atoms with Crippen LogP contribution in [0.25, 0.3) is 21.1 Å². The fourth-order valence-corrected chi connectivity index (χ4v) is 5.41. The first-order valence-electron chi connectivity index (χ1n) is 9.33. The number of hydrogen-bond donors (Lipinski definition) is 2. The molecule has 0 saturated carbocycles. The Balaban J connectivity index is 1.40. The quantitative estimate of drug-likeness (QED) is 0.540. The molecule has 3 heterocycles. The third-order valence-corrected chi connectivity index (χ3v) is 6.62. The van der Waals surface area contributed by atoms with Crippen molar-refractivity contribution in [1.82, 2.24) is 15.0 Å². The van der Waals surface area contributed by atoms with Gasteiger partial charge < -0.3 is 10.3 Å². The predicted octanol–water partition coefficient (Wildman–Crippen LogP) is 4.95. The van der Waals surface area contributed by atoms with Gasteiger partial charge in [-0.1, -0.05) is 25.1 Å². The number of rotatable bonds is 4. The van der Waals surface area contributed by atoms with Gasteiger partial charge in [-0.2, -0.15) is 0 Å². The fourth-order valence-electron chi connectivity index (χ4n) is 4.06. The molecule has 2 N–H and O–H groups in total. The van der Waals surface area contributed by atoms with Crippen LogP contribution in [-0.4, -0.2) is 21.5 Å². The normalized spacial score (nSPS) is 16.9. The molecule has 1 atom stereocenters. The van der Waals surface area contributed by atoms with E-state index in [0.29, 0.717) is 0 Å². The van der Waals surface area contributed by atoms with Crippen molar-refractivity contribution < 1.29 is 0 Å². The Hall–Kier alpha value is -2.40. The molecule has 0 bridgehead atoms. The second-order valence-corrected chi connectivity index (χ2v) is 8.37. The van der Waals surface area contributed by atoms with E-state index in [2.05, 4.69) is 57.7 Å². The molecule has 3 aromatic heterocycles. The summed E-state index contributed by atoms with van der Waals surface area (Å²) in [5.74, 6) is 1.78. The van der Waals surface area contributed by atoms with Gasteiger partial charge >= 0.3 is 0 Å². The lowest BCUT2D eigenvalue weighted by atomic mass is 9.89. The minimum atomic E-state index is 0.779. The van der Waals surface area contributed by atoms with Crippen LogP contribution in [0.2, 0.25) is 0 Å². The lowest BCUT2D eigenvalue weighted by Gasteiger charge is -2.18. The average Bonchev–Trinajstić information content (AvgIpc) is 3.23. The van der Waals surface area contributed by atoms with E-state index in [1.165, 1.54) is 45.1 Å². The molecular formula is C21H22N4S. The number of para-hydroxylation sites is 1. The summed E-state index contributed by atoms with van der Waals surface area (Å²) in [4.78, 5) is 15.1. The first kappa shape index (κ1) is 15.8. The molecule has 0 fully saturated rings. The summed E-state index contributed by atoms with van der Waals surface area (Å²) in [5, 5.41) is 6.15. The van der Waals surface area contributed by atoms with E-state index < -0.39 is 0 Å². The highest BCUT2D eigenvalue weighted by Crippen LogP contribution is 2.39. The number of anilines is 1. The highest BCUT2D eigenvalue weighted by Gasteiger charge is 2.22. The molecule has 1 aliphatic carbocycles. The van der Waals surface area contributed by atoms with Gasteiger partial charge in [0.1, 0.15) is 17.0 Å². The van der Waals surface area contributed by atoms with Crippen molar-refractivity contribution >= 4 is 38.3 Å². The molecule has 1 aromatic carbocycles. The van der Waals surface area contributed by atoms with E-state index in [0.717, 1.165) is 36.0 Å². The Bertz CT molecular complexity index is 1080. The van der Waals surface area contributed by atoms with Gasteiger partial charge in [-0.25, -0.2) is 9.97 Å². The van der Waals surface area contributed by atoms with Gasteiger partial charge in [0, 0.05) is 28.5 Å². The molecule has 0 saturated heterocycles. The summed E-state index contributed by atoms with van der Waals surface area (Å²) in [5.41, 5.74) is 4.03. The summed E-state index contributed by atoms with van der Waals surface area (Å²) < 4.78 is 0. The molecular weight excluding hydrogens is 340 g/mol. The predicted molar refractivity (Wildman–Crippen MR) is 109 cm³/mol. The third-order valence-electron chi connectivity index (χ3n) is 5.45. The molecule has 1 unspecified atom stereocenters. The Morgan fingerprint density at radius 1 is 1.27 bits per heavy atom. The second-order valence-electron chi connectivity index (χ2n) is 7.29. The topological polar surface area (TPSA) is 53.6 Å². The number of hydrogen-bond acceptors (Lipinski definition) is 4. The first-order chi connectivity index (χ1) is 12.8. The number of fused-ring (bicyclic) bond motifs is 4. The number of aromatic amines is 1. The van der Waals surface area contributed by atoms with Crippen LogP contribution < -0.4 is 5.32 Å². The van der Waals surface area contributed by atoms with Crippen molar-refractivity contribution in [3.05, 3.63) is 52.8 Å². The highest BCUT2D eigenvalue weighted by atomic mass is 32.1. The molecule has 4 nitrogen and oxygen atoms in total. The molecule has 4 aromatic rings. The van der Waals surface area contributed by atoms with Crippen molar-refractivity contribution in [1.29, 1.82) is 0 Å².